The molecule has 0 spiro atoms. The molecule has 2 aromatic heterocycles. The van der Waals surface area contributed by atoms with Crippen LogP contribution in [-0.4, -0.2) is 10.9 Å². The van der Waals surface area contributed by atoms with E-state index >= 15 is 0 Å². The number of hydrogen-bond acceptors (Lipinski definition) is 4. The lowest BCUT2D eigenvalue weighted by Crippen LogP contribution is -2.09. The van der Waals surface area contributed by atoms with Crippen molar-refractivity contribution in [3.8, 4) is 0 Å². The highest BCUT2D eigenvalue weighted by atomic mass is 32.1. The monoisotopic (exact) mass is 224 g/mol. The Bertz CT molecular complexity index is 433. The lowest BCUT2D eigenvalue weighted by atomic mass is 10.3. The summed E-state index contributed by atoms with van der Waals surface area (Å²) >= 11 is 2.98. The molecule has 0 saturated heterocycles. The second kappa shape index (κ2) is 3.89. The molecule has 0 atom stereocenters. The summed E-state index contributed by atoms with van der Waals surface area (Å²) in [5.41, 5.74) is 0.695. The molecule has 0 aromatic carbocycles. The minimum atomic E-state index is -0.0742. The van der Waals surface area contributed by atoms with Crippen LogP contribution < -0.4 is 5.32 Å². The van der Waals surface area contributed by atoms with Crippen LogP contribution in [-0.2, 0) is 0 Å². The van der Waals surface area contributed by atoms with Crippen molar-refractivity contribution in [2.24, 2.45) is 0 Å². The summed E-state index contributed by atoms with van der Waals surface area (Å²) in [6.45, 7) is 1.91. The average molecular weight is 224 g/mol. The lowest BCUT2D eigenvalue weighted by molar-refractivity contribution is 0.102. The van der Waals surface area contributed by atoms with Crippen LogP contribution in [0.25, 0.3) is 0 Å². The van der Waals surface area contributed by atoms with Crippen molar-refractivity contribution >= 4 is 33.6 Å². The number of carbonyl (C=O) groups is 1. The number of anilines is 1. The van der Waals surface area contributed by atoms with E-state index in [1.54, 1.807) is 12.3 Å². The van der Waals surface area contributed by atoms with Gasteiger partial charge in [0.25, 0.3) is 5.91 Å². The summed E-state index contributed by atoms with van der Waals surface area (Å²) in [6, 6.07) is 1.80. The highest BCUT2D eigenvalue weighted by Crippen LogP contribution is 2.18. The van der Waals surface area contributed by atoms with Crippen LogP contribution in [0.1, 0.15) is 15.4 Å². The van der Waals surface area contributed by atoms with Crippen molar-refractivity contribution in [2.45, 2.75) is 6.92 Å². The van der Waals surface area contributed by atoms with Crippen molar-refractivity contribution in [3.63, 3.8) is 0 Å². The maximum atomic E-state index is 11.6. The number of thiazole rings is 1. The van der Waals surface area contributed by atoms with E-state index < -0.39 is 0 Å². The van der Waals surface area contributed by atoms with Gasteiger partial charge in [0, 0.05) is 5.38 Å². The molecular formula is C9H8N2OS2. The smallest absolute Gasteiger partial charge is 0.257 e. The number of carbonyl (C=O) groups excluding carboxylic acids is 1. The van der Waals surface area contributed by atoms with Gasteiger partial charge in [0.05, 0.1) is 16.8 Å². The average Bonchev–Trinajstić information content (AvgIpc) is 2.75. The third kappa shape index (κ3) is 2.00. The molecule has 1 amide bonds. The predicted octanol–water partition coefficient (Wildman–Crippen LogP) is 2.77. The summed E-state index contributed by atoms with van der Waals surface area (Å²) in [5, 5.41) is 8.23. The zero-order valence-electron chi connectivity index (χ0n) is 7.48. The Kier molecular flexibility index (Phi) is 2.60. The fourth-order valence-corrected chi connectivity index (χ4v) is 2.31. The molecule has 0 aliphatic rings. The van der Waals surface area contributed by atoms with Crippen molar-refractivity contribution in [2.75, 3.05) is 5.32 Å². The van der Waals surface area contributed by atoms with Crippen molar-refractivity contribution < 1.29 is 4.79 Å². The van der Waals surface area contributed by atoms with E-state index in [0.29, 0.717) is 5.56 Å². The van der Waals surface area contributed by atoms with Crippen LogP contribution in [0.4, 0.5) is 5.00 Å². The zero-order chi connectivity index (χ0) is 9.97. The fourth-order valence-electron chi connectivity index (χ4n) is 0.997. The SMILES string of the molecule is Cc1ncc(NC(=O)c2ccsc2)s1. The first-order valence-electron chi connectivity index (χ1n) is 4.01. The minimum Gasteiger partial charge on any atom is -0.312 e. The Morgan fingerprint density at radius 1 is 1.57 bits per heavy atom. The molecule has 0 saturated carbocycles. The Labute approximate surface area is 89.4 Å². The third-order valence-corrected chi connectivity index (χ3v) is 3.15. The van der Waals surface area contributed by atoms with Crippen LogP contribution in [0.15, 0.2) is 23.0 Å². The first kappa shape index (κ1) is 9.36. The first-order chi connectivity index (χ1) is 6.75. The van der Waals surface area contributed by atoms with Crippen LogP contribution in [0.5, 0.6) is 0 Å². The summed E-state index contributed by atoms with van der Waals surface area (Å²) in [4.78, 5) is 15.6. The van der Waals surface area contributed by atoms with Gasteiger partial charge in [-0.3, -0.25) is 4.79 Å². The number of aromatic nitrogens is 1. The van der Waals surface area contributed by atoms with E-state index in [4.69, 9.17) is 0 Å². The lowest BCUT2D eigenvalue weighted by Gasteiger charge is -1.97. The number of amides is 1. The van der Waals surface area contributed by atoms with E-state index in [0.717, 1.165) is 10.0 Å². The quantitative estimate of drug-likeness (QED) is 0.852. The van der Waals surface area contributed by atoms with Crippen molar-refractivity contribution in [1.82, 2.24) is 4.98 Å². The van der Waals surface area contributed by atoms with E-state index in [1.807, 2.05) is 17.7 Å². The maximum Gasteiger partial charge on any atom is 0.257 e. The molecule has 0 fully saturated rings. The van der Waals surface area contributed by atoms with Gasteiger partial charge in [-0.05, 0) is 18.4 Å². The minimum absolute atomic E-state index is 0.0742. The Balaban J connectivity index is 2.09. The number of rotatable bonds is 2. The highest BCUT2D eigenvalue weighted by Gasteiger charge is 2.07. The molecule has 0 aliphatic heterocycles. The second-order valence-corrected chi connectivity index (χ2v) is 4.72. The van der Waals surface area contributed by atoms with E-state index in [1.165, 1.54) is 22.7 Å². The summed E-state index contributed by atoms with van der Waals surface area (Å²) < 4.78 is 0. The number of nitrogens with one attached hydrogen (secondary N) is 1. The van der Waals surface area contributed by atoms with Crippen LogP contribution in [0.2, 0.25) is 0 Å². The summed E-state index contributed by atoms with van der Waals surface area (Å²) in [6.07, 6.45) is 1.67. The number of nitrogens with zero attached hydrogens (tertiary/aromatic N) is 1. The highest BCUT2D eigenvalue weighted by molar-refractivity contribution is 7.15. The Morgan fingerprint density at radius 3 is 3.00 bits per heavy atom. The molecule has 72 valence electrons. The van der Waals surface area contributed by atoms with Crippen molar-refractivity contribution in [1.29, 1.82) is 0 Å². The molecular weight excluding hydrogens is 216 g/mol. The number of aryl methyl sites for hydroxylation is 1. The van der Waals surface area contributed by atoms with Crippen LogP contribution >= 0.6 is 22.7 Å². The van der Waals surface area contributed by atoms with Gasteiger partial charge >= 0.3 is 0 Å². The molecule has 0 aliphatic carbocycles. The van der Waals surface area contributed by atoms with Gasteiger partial charge in [0.15, 0.2) is 0 Å². The van der Waals surface area contributed by atoms with Gasteiger partial charge in [0.2, 0.25) is 0 Å². The standard InChI is InChI=1S/C9H8N2OS2/c1-6-10-4-8(14-6)11-9(12)7-2-3-13-5-7/h2-5H,1H3,(H,11,12). The molecule has 0 radical (unpaired) electrons. The van der Waals surface area contributed by atoms with Crippen molar-refractivity contribution in [3.05, 3.63) is 33.6 Å². The third-order valence-electron chi connectivity index (χ3n) is 1.64. The van der Waals surface area contributed by atoms with Gasteiger partial charge in [-0.15, -0.1) is 11.3 Å². The van der Waals surface area contributed by atoms with Crippen LogP contribution in [0, 0.1) is 6.92 Å². The summed E-state index contributed by atoms with van der Waals surface area (Å²) in [5.74, 6) is -0.0742. The molecule has 5 heteroatoms. The Morgan fingerprint density at radius 2 is 2.43 bits per heavy atom. The largest absolute Gasteiger partial charge is 0.312 e. The maximum absolute atomic E-state index is 11.6. The zero-order valence-corrected chi connectivity index (χ0v) is 9.11. The fraction of sp³-hybridized carbons (Fsp3) is 0.111. The molecule has 1 N–H and O–H groups in total. The molecule has 3 nitrogen and oxygen atoms in total. The molecule has 2 aromatic rings. The molecule has 0 bridgehead atoms. The van der Waals surface area contributed by atoms with Gasteiger partial charge in [-0.2, -0.15) is 11.3 Å². The summed E-state index contributed by atoms with van der Waals surface area (Å²) in [7, 11) is 0. The van der Waals surface area contributed by atoms with Gasteiger partial charge in [0.1, 0.15) is 5.00 Å². The number of hydrogen-bond donors (Lipinski definition) is 1. The number of thiophene rings is 1. The first-order valence-corrected chi connectivity index (χ1v) is 5.77. The van der Waals surface area contributed by atoms with E-state index in [2.05, 4.69) is 10.3 Å². The molecule has 2 rings (SSSR count). The van der Waals surface area contributed by atoms with Gasteiger partial charge in [-0.1, -0.05) is 0 Å². The van der Waals surface area contributed by atoms with E-state index in [-0.39, 0.29) is 5.91 Å². The normalized spacial score (nSPS) is 10.1. The Hall–Kier alpha value is -1.20. The second-order valence-electron chi connectivity index (χ2n) is 2.71. The van der Waals surface area contributed by atoms with Crippen LogP contribution in [0.3, 0.4) is 0 Å². The van der Waals surface area contributed by atoms with E-state index in [9.17, 15) is 4.79 Å². The molecule has 2 heterocycles. The molecule has 0 unspecified atom stereocenters. The van der Waals surface area contributed by atoms with Gasteiger partial charge < -0.3 is 5.32 Å². The molecule has 14 heavy (non-hydrogen) atoms. The predicted molar refractivity (Wildman–Crippen MR) is 59.1 cm³/mol. The topological polar surface area (TPSA) is 42.0 Å². The van der Waals surface area contributed by atoms with Gasteiger partial charge in [-0.25, -0.2) is 4.98 Å².